The number of nitrogens with two attached hydrogens (primary N) is 1. The van der Waals surface area contributed by atoms with Gasteiger partial charge in [0.15, 0.2) is 5.82 Å². The van der Waals surface area contributed by atoms with E-state index < -0.39 is 0 Å². The minimum Gasteiger partial charge on any atom is -0.383 e. The second kappa shape index (κ2) is 7.92. The van der Waals surface area contributed by atoms with Gasteiger partial charge in [0.25, 0.3) is 0 Å². The monoisotopic (exact) mass is 415 g/mol. The predicted octanol–water partition coefficient (Wildman–Crippen LogP) is 2.13. The molecule has 158 valence electrons. The molecule has 4 aromatic rings. The molecule has 3 aromatic heterocycles. The van der Waals surface area contributed by atoms with Crippen LogP contribution in [0.25, 0.3) is 16.7 Å². The Kier molecular flexibility index (Phi) is 4.95. The molecule has 1 aliphatic rings. The number of rotatable bonds is 4. The fraction of sp³-hybridized carbons (Fsp3) is 0.318. The van der Waals surface area contributed by atoms with Crippen molar-refractivity contribution in [1.82, 2.24) is 34.6 Å². The van der Waals surface area contributed by atoms with Crippen molar-refractivity contribution in [3.8, 4) is 5.82 Å². The van der Waals surface area contributed by atoms with E-state index in [2.05, 4.69) is 29.9 Å². The first-order valence-corrected chi connectivity index (χ1v) is 10.4. The number of para-hydroxylation sites is 1. The van der Waals surface area contributed by atoms with Gasteiger partial charge in [0, 0.05) is 37.3 Å². The first-order chi connectivity index (χ1) is 15.1. The molecule has 0 unspecified atom stereocenters. The Labute approximate surface area is 180 Å². The SMILES string of the molecule is Cc1cc(C)n(-c2cncc(N3CCN(Cc4nc(N)c5ccccc5n4)CC3)n2)n1. The molecular weight excluding hydrogens is 390 g/mol. The lowest BCUT2D eigenvalue weighted by Crippen LogP contribution is -2.46. The van der Waals surface area contributed by atoms with Crippen LogP contribution in [0.3, 0.4) is 0 Å². The smallest absolute Gasteiger partial charge is 0.174 e. The maximum Gasteiger partial charge on any atom is 0.174 e. The van der Waals surface area contributed by atoms with Gasteiger partial charge in [0.2, 0.25) is 0 Å². The van der Waals surface area contributed by atoms with E-state index in [0.29, 0.717) is 12.4 Å². The van der Waals surface area contributed by atoms with Gasteiger partial charge < -0.3 is 10.6 Å². The number of anilines is 2. The third-order valence-corrected chi connectivity index (χ3v) is 5.58. The number of aromatic nitrogens is 6. The van der Waals surface area contributed by atoms with Crippen molar-refractivity contribution in [2.75, 3.05) is 36.8 Å². The quantitative estimate of drug-likeness (QED) is 0.541. The molecule has 1 fully saturated rings. The van der Waals surface area contributed by atoms with Gasteiger partial charge in [-0.05, 0) is 32.0 Å². The molecule has 0 atom stereocenters. The standard InChI is InChI=1S/C22H25N9/c1-15-11-16(2)31(28-15)21-13-24-12-20(27-21)30-9-7-29(8-10-30)14-19-25-18-6-4-3-5-17(18)22(23)26-19/h3-6,11-13H,7-10,14H2,1-2H3,(H2,23,25,26). The Morgan fingerprint density at radius 3 is 2.48 bits per heavy atom. The van der Waals surface area contributed by atoms with E-state index >= 15 is 0 Å². The van der Waals surface area contributed by atoms with Gasteiger partial charge in [0.1, 0.15) is 17.5 Å². The van der Waals surface area contributed by atoms with Crippen LogP contribution in [0.1, 0.15) is 17.2 Å². The van der Waals surface area contributed by atoms with Crippen LogP contribution in [0.4, 0.5) is 11.6 Å². The van der Waals surface area contributed by atoms with Crippen molar-refractivity contribution in [2.24, 2.45) is 0 Å². The van der Waals surface area contributed by atoms with Gasteiger partial charge in [-0.25, -0.2) is 19.6 Å². The zero-order valence-corrected chi connectivity index (χ0v) is 17.7. The van der Waals surface area contributed by atoms with Crippen molar-refractivity contribution >= 4 is 22.5 Å². The van der Waals surface area contributed by atoms with Crippen LogP contribution in [-0.2, 0) is 6.54 Å². The number of fused-ring (bicyclic) bond motifs is 1. The van der Waals surface area contributed by atoms with Crippen molar-refractivity contribution < 1.29 is 0 Å². The highest BCUT2D eigenvalue weighted by atomic mass is 15.3. The van der Waals surface area contributed by atoms with Gasteiger partial charge in [0.05, 0.1) is 30.1 Å². The Hall–Kier alpha value is -3.59. The van der Waals surface area contributed by atoms with E-state index in [1.54, 1.807) is 6.20 Å². The molecule has 0 saturated carbocycles. The second-order valence-electron chi connectivity index (χ2n) is 7.88. The van der Waals surface area contributed by atoms with Crippen LogP contribution in [0.15, 0.2) is 42.7 Å². The summed E-state index contributed by atoms with van der Waals surface area (Å²) in [6, 6.07) is 9.89. The summed E-state index contributed by atoms with van der Waals surface area (Å²) in [5.41, 5.74) is 9.04. The Morgan fingerprint density at radius 1 is 0.935 bits per heavy atom. The molecule has 0 radical (unpaired) electrons. The van der Waals surface area contributed by atoms with Gasteiger partial charge in [-0.2, -0.15) is 5.10 Å². The summed E-state index contributed by atoms with van der Waals surface area (Å²) < 4.78 is 1.84. The summed E-state index contributed by atoms with van der Waals surface area (Å²) in [4.78, 5) is 23.0. The zero-order chi connectivity index (χ0) is 21.4. The number of aryl methyl sites for hydroxylation is 2. The van der Waals surface area contributed by atoms with E-state index in [9.17, 15) is 0 Å². The Bertz CT molecular complexity index is 1220. The molecule has 1 aliphatic heterocycles. The lowest BCUT2D eigenvalue weighted by molar-refractivity contribution is 0.244. The van der Waals surface area contributed by atoms with Gasteiger partial charge in [-0.15, -0.1) is 0 Å². The molecule has 9 nitrogen and oxygen atoms in total. The lowest BCUT2D eigenvalue weighted by atomic mass is 10.2. The first-order valence-electron chi connectivity index (χ1n) is 10.4. The highest BCUT2D eigenvalue weighted by molar-refractivity contribution is 5.87. The minimum absolute atomic E-state index is 0.537. The number of hydrogen-bond donors (Lipinski definition) is 1. The Morgan fingerprint density at radius 2 is 1.71 bits per heavy atom. The van der Waals surface area contributed by atoms with Gasteiger partial charge in [-0.1, -0.05) is 12.1 Å². The van der Waals surface area contributed by atoms with E-state index in [4.69, 9.17) is 10.7 Å². The van der Waals surface area contributed by atoms with Crippen LogP contribution in [0, 0.1) is 13.8 Å². The minimum atomic E-state index is 0.537. The largest absolute Gasteiger partial charge is 0.383 e. The van der Waals surface area contributed by atoms with E-state index in [0.717, 1.165) is 65.9 Å². The van der Waals surface area contributed by atoms with Crippen LogP contribution in [-0.4, -0.2) is 60.8 Å². The lowest BCUT2D eigenvalue weighted by Gasteiger charge is -2.34. The summed E-state index contributed by atoms with van der Waals surface area (Å²) >= 11 is 0. The summed E-state index contributed by atoms with van der Waals surface area (Å²) in [6.07, 6.45) is 3.57. The van der Waals surface area contributed by atoms with E-state index in [-0.39, 0.29) is 0 Å². The summed E-state index contributed by atoms with van der Waals surface area (Å²) in [6.45, 7) is 8.18. The van der Waals surface area contributed by atoms with Crippen molar-refractivity contribution in [3.05, 3.63) is 59.9 Å². The first kappa shape index (κ1) is 19.4. The van der Waals surface area contributed by atoms with Crippen molar-refractivity contribution in [3.63, 3.8) is 0 Å². The predicted molar refractivity (Wildman–Crippen MR) is 120 cm³/mol. The third-order valence-electron chi connectivity index (χ3n) is 5.58. The van der Waals surface area contributed by atoms with Crippen LogP contribution in [0.2, 0.25) is 0 Å². The van der Waals surface area contributed by atoms with Crippen LogP contribution < -0.4 is 10.6 Å². The maximum atomic E-state index is 6.13. The zero-order valence-electron chi connectivity index (χ0n) is 17.7. The number of benzene rings is 1. The molecule has 5 rings (SSSR count). The highest BCUT2D eigenvalue weighted by Crippen LogP contribution is 2.19. The topological polar surface area (TPSA) is 102 Å². The fourth-order valence-corrected chi connectivity index (χ4v) is 4.02. The number of piperazine rings is 1. The second-order valence-corrected chi connectivity index (χ2v) is 7.88. The average Bonchev–Trinajstić information content (AvgIpc) is 3.12. The van der Waals surface area contributed by atoms with Crippen molar-refractivity contribution in [2.45, 2.75) is 20.4 Å². The molecule has 1 aromatic carbocycles. The number of hydrogen-bond acceptors (Lipinski definition) is 8. The maximum absolute atomic E-state index is 6.13. The van der Waals surface area contributed by atoms with E-state index in [1.807, 2.05) is 55.1 Å². The summed E-state index contributed by atoms with van der Waals surface area (Å²) in [5.74, 6) is 2.91. The van der Waals surface area contributed by atoms with Gasteiger partial charge in [-0.3, -0.25) is 9.88 Å². The molecule has 31 heavy (non-hydrogen) atoms. The molecule has 2 N–H and O–H groups in total. The Balaban J connectivity index is 1.27. The number of nitrogens with zero attached hydrogens (tertiary/aromatic N) is 8. The van der Waals surface area contributed by atoms with E-state index in [1.165, 1.54) is 0 Å². The molecule has 4 heterocycles. The molecule has 1 saturated heterocycles. The molecule has 9 heteroatoms. The molecule has 0 bridgehead atoms. The van der Waals surface area contributed by atoms with Gasteiger partial charge >= 0.3 is 0 Å². The van der Waals surface area contributed by atoms with Crippen molar-refractivity contribution in [1.29, 1.82) is 0 Å². The molecule has 0 spiro atoms. The number of nitrogen functional groups attached to an aromatic ring is 1. The molecular formula is C22H25N9. The fourth-order valence-electron chi connectivity index (χ4n) is 4.02. The third kappa shape index (κ3) is 3.91. The summed E-state index contributed by atoms with van der Waals surface area (Å²) in [5, 5.41) is 5.42. The highest BCUT2D eigenvalue weighted by Gasteiger charge is 2.20. The molecule has 0 aliphatic carbocycles. The van der Waals surface area contributed by atoms with Crippen LogP contribution in [0.5, 0.6) is 0 Å². The normalized spacial score (nSPS) is 15.0. The molecule has 0 amide bonds. The van der Waals surface area contributed by atoms with Crippen LogP contribution >= 0.6 is 0 Å². The summed E-state index contributed by atoms with van der Waals surface area (Å²) in [7, 11) is 0. The average molecular weight is 416 g/mol.